The summed E-state index contributed by atoms with van der Waals surface area (Å²) in [5, 5.41) is 7.00. The molecule has 2 aliphatic rings. The summed E-state index contributed by atoms with van der Waals surface area (Å²) in [5.41, 5.74) is 1.61. The molecular weight excluding hydrogens is 248 g/mol. The highest BCUT2D eigenvalue weighted by atomic mass is 15.2. The summed E-state index contributed by atoms with van der Waals surface area (Å²) < 4.78 is 0. The van der Waals surface area contributed by atoms with Gasteiger partial charge in [-0.15, -0.1) is 0 Å². The normalized spacial score (nSPS) is 29.4. The molecule has 1 aliphatic heterocycles. The number of rotatable bonds is 3. The summed E-state index contributed by atoms with van der Waals surface area (Å²) in [6, 6.07) is 0. The molecular formula is C16H26N4. The second kappa shape index (κ2) is 6.08. The van der Waals surface area contributed by atoms with E-state index in [-0.39, 0.29) is 0 Å². The third kappa shape index (κ3) is 2.95. The van der Waals surface area contributed by atoms with Crippen LogP contribution in [0.2, 0.25) is 0 Å². The molecule has 4 heteroatoms. The Labute approximate surface area is 121 Å². The molecule has 2 unspecified atom stereocenters. The molecule has 3 rings (SSSR count). The molecule has 2 atom stereocenters. The molecule has 4 nitrogen and oxygen atoms in total. The highest BCUT2D eigenvalue weighted by molar-refractivity contribution is 5.09. The van der Waals surface area contributed by atoms with Gasteiger partial charge in [0.25, 0.3) is 0 Å². The van der Waals surface area contributed by atoms with Crippen molar-refractivity contribution < 1.29 is 0 Å². The van der Waals surface area contributed by atoms with Crippen molar-refractivity contribution in [2.45, 2.75) is 45.4 Å². The molecule has 0 saturated carbocycles. The van der Waals surface area contributed by atoms with Gasteiger partial charge < -0.3 is 4.90 Å². The Morgan fingerprint density at radius 2 is 2.10 bits per heavy atom. The van der Waals surface area contributed by atoms with Crippen molar-refractivity contribution >= 4 is 0 Å². The second-order valence-electron chi connectivity index (χ2n) is 6.55. The Hall–Kier alpha value is -1.16. The lowest BCUT2D eigenvalue weighted by molar-refractivity contribution is 0.165. The fourth-order valence-electron chi connectivity index (χ4n) is 3.78. The minimum absolute atomic E-state index is 0.578. The highest BCUT2D eigenvalue weighted by Gasteiger charge is 2.28. The van der Waals surface area contributed by atoms with Gasteiger partial charge >= 0.3 is 0 Å². The van der Waals surface area contributed by atoms with Crippen LogP contribution in [-0.2, 0) is 0 Å². The summed E-state index contributed by atoms with van der Waals surface area (Å²) in [7, 11) is 0. The number of hydrogen-bond acceptors (Lipinski definition) is 3. The van der Waals surface area contributed by atoms with Crippen molar-refractivity contribution in [2.24, 2.45) is 11.8 Å². The zero-order valence-electron chi connectivity index (χ0n) is 12.7. The van der Waals surface area contributed by atoms with Gasteiger partial charge in [0.05, 0.1) is 0 Å². The lowest BCUT2D eigenvalue weighted by Gasteiger charge is -2.37. The van der Waals surface area contributed by atoms with Crippen LogP contribution in [0.4, 0.5) is 0 Å². The van der Waals surface area contributed by atoms with Gasteiger partial charge in [-0.2, -0.15) is 5.10 Å². The first-order chi connectivity index (χ1) is 9.74. The number of allylic oxidation sites excluding steroid dienone is 1. The van der Waals surface area contributed by atoms with Crippen molar-refractivity contribution in [3.63, 3.8) is 0 Å². The topological polar surface area (TPSA) is 44.8 Å². The average molecular weight is 274 g/mol. The van der Waals surface area contributed by atoms with Gasteiger partial charge in [0.15, 0.2) is 0 Å². The zero-order chi connectivity index (χ0) is 13.9. The number of H-pyrrole nitrogens is 1. The van der Waals surface area contributed by atoms with E-state index in [1.807, 2.05) is 0 Å². The molecule has 1 N–H and O–H groups in total. The van der Waals surface area contributed by atoms with Crippen LogP contribution in [-0.4, -0.2) is 39.7 Å². The molecule has 0 amide bonds. The van der Waals surface area contributed by atoms with Crippen LogP contribution in [0.25, 0.3) is 0 Å². The van der Waals surface area contributed by atoms with Crippen LogP contribution in [0.1, 0.15) is 51.3 Å². The number of hydrogen-bond donors (Lipinski definition) is 1. The Kier molecular flexibility index (Phi) is 4.20. The van der Waals surface area contributed by atoms with E-state index < -0.39 is 0 Å². The van der Waals surface area contributed by atoms with Crippen molar-refractivity contribution in [2.75, 3.05) is 19.6 Å². The molecule has 0 bridgehead atoms. The van der Waals surface area contributed by atoms with Crippen LogP contribution < -0.4 is 0 Å². The predicted octanol–water partition coefficient (Wildman–Crippen LogP) is 2.98. The standard InChI is InChI=1S/C16H26N4/c1-12-4-3-5-13(2)15(12)10-20-8-6-14(7-9-20)16-17-11-18-19-16/h4,11,13-15H,3,5-10H2,1-2H3,(H,17,18,19). The van der Waals surface area contributed by atoms with E-state index in [2.05, 4.69) is 40.0 Å². The summed E-state index contributed by atoms with van der Waals surface area (Å²) in [4.78, 5) is 6.96. The molecule has 0 radical (unpaired) electrons. The van der Waals surface area contributed by atoms with Gasteiger partial charge in [0.1, 0.15) is 12.2 Å². The fraction of sp³-hybridized carbons (Fsp3) is 0.750. The Morgan fingerprint density at radius 1 is 1.30 bits per heavy atom. The van der Waals surface area contributed by atoms with Crippen molar-refractivity contribution in [3.8, 4) is 0 Å². The quantitative estimate of drug-likeness (QED) is 0.862. The first-order valence-electron chi connectivity index (χ1n) is 7.98. The van der Waals surface area contributed by atoms with Gasteiger partial charge in [0, 0.05) is 12.5 Å². The molecule has 1 aliphatic carbocycles. The van der Waals surface area contributed by atoms with Gasteiger partial charge in [-0.25, -0.2) is 4.98 Å². The summed E-state index contributed by atoms with van der Waals surface area (Å²) in [6.45, 7) is 8.38. The second-order valence-corrected chi connectivity index (χ2v) is 6.55. The number of aromatic nitrogens is 3. The minimum atomic E-state index is 0.578. The lowest BCUT2D eigenvalue weighted by atomic mass is 9.79. The Balaban J connectivity index is 1.53. The van der Waals surface area contributed by atoms with Gasteiger partial charge in [-0.05, 0) is 57.5 Å². The monoisotopic (exact) mass is 274 g/mol. The Morgan fingerprint density at radius 3 is 2.75 bits per heavy atom. The molecule has 20 heavy (non-hydrogen) atoms. The first-order valence-corrected chi connectivity index (χ1v) is 7.98. The van der Waals surface area contributed by atoms with Gasteiger partial charge in [0.2, 0.25) is 0 Å². The number of nitrogens with zero attached hydrogens (tertiary/aromatic N) is 3. The largest absolute Gasteiger partial charge is 0.303 e. The minimum Gasteiger partial charge on any atom is -0.303 e. The molecule has 0 spiro atoms. The molecule has 2 heterocycles. The van der Waals surface area contributed by atoms with Crippen molar-refractivity contribution in [1.29, 1.82) is 0 Å². The molecule has 0 aromatic carbocycles. The van der Waals surface area contributed by atoms with E-state index in [0.29, 0.717) is 5.92 Å². The maximum absolute atomic E-state index is 4.31. The van der Waals surface area contributed by atoms with Crippen LogP contribution in [0.3, 0.4) is 0 Å². The number of aromatic amines is 1. The van der Waals surface area contributed by atoms with Crippen LogP contribution >= 0.6 is 0 Å². The van der Waals surface area contributed by atoms with Crippen molar-refractivity contribution in [3.05, 3.63) is 23.8 Å². The number of piperidine rings is 1. The molecule has 110 valence electrons. The molecule has 1 aromatic heterocycles. The zero-order valence-corrected chi connectivity index (χ0v) is 12.7. The van der Waals surface area contributed by atoms with Crippen LogP contribution in [0.15, 0.2) is 18.0 Å². The molecule has 1 fully saturated rings. The van der Waals surface area contributed by atoms with E-state index in [9.17, 15) is 0 Å². The smallest absolute Gasteiger partial charge is 0.137 e. The highest BCUT2D eigenvalue weighted by Crippen LogP contribution is 2.32. The van der Waals surface area contributed by atoms with E-state index in [1.165, 1.54) is 45.3 Å². The van der Waals surface area contributed by atoms with E-state index in [1.54, 1.807) is 11.9 Å². The maximum atomic E-state index is 4.31. The lowest BCUT2D eigenvalue weighted by Crippen LogP contribution is -2.39. The number of likely N-dealkylation sites (tertiary alicyclic amines) is 1. The van der Waals surface area contributed by atoms with E-state index >= 15 is 0 Å². The van der Waals surface area contributed by atoms with E-state index in [0.717, 1.165) is 17.7 Å². The predicted molar refractivity (Wildman–Crippen MR) is 80.4 cm³/mol. The third-order valence-electron chi connectivity index (χ3n) is 5.22. The number of nitrogens with one attached hydrogen (secondary N) is 1. The van der Waals surface area contributed by atoms with Crippen LogP contribution in [0.5, 0.6) is 0 Å². The average Bonchev–Trinajstić information content (AvgIpc) is 2.98. The SMILES string of the molecule is CC1=CCCC(C)C1CN1CCC(c2ncn[nH]2)CC1. The van der Waals surface area contributed by atoms with Crippen molar-refractivity contribution in [1.82, 2.24) is 20.1 Å². The first kappa shape index (κ1) is 13.8. The molecule has 1 saturated heterocycles. The Bertz CT molecular complexity index is 443. The molecule has 1 aromatic rings. The van der Waals surface area contributed by atoms with Gasteiger partial charge in [-0.3, -0.25) is 5.10 Å². The fourth-order valence-corrected chi connectivity index (χ4v) is 3.78. The summed E-state index contributed by atoms with van der Waals surface area (Å²) >= 11 is 0. The van der Waals surface area contributed by atoms with Crippen LogP contribution in [0, 0.1) is 11.8 Å². The summed E-state index contributed by atoms with van der Waals surface area (Å²) in [6.07, 6.45) is 9.12. The van der Waals surface area contributed by atoms with Gasteiger partial charge in [-0.1, -0.05) is 18.6 Å². The summed E-state index contributed by atoms with van der Waals surface area (Å²) in [5.74, 6) is 3.26. The third-order valence-corrected chi connectivity index (χ3v) is 5.22. The van der Waals surface area contributed by atoms with E-state index in [4.69, 9.17) is 0 Å². The maximum Gasteiger partial charge on any atom is 0.137 e.